The van der Waals surface area contributed by atoms with Gasteiger partial charge in [-0.25, -0.2) is 0 Å². The van der Waals surface area contributed by atoms with E-state index in [-0.39, 0.29) is 0 Å². The molecule has 0 unspecified atom stereocenters. The first kappa shape index (κ1) is 6.86. The minimum atomic E-state index is -0.392. The molecule has 1 saturated carbocycles. The number of alkyl halides is 2. The van der Waals surface area contributed by atoms with Gasteiger partial charge in [0.1, 0.15) is 0 Å². The van der Waals surface area contributed by atoms with Gasteiger partial charge in [-0.1, -0.05) is 23.2 Å². The second-order valence-electron chi connectivity index (χ2n) is 3.04. The number of rotatable bonds is 0. The molecule has 0 aromatic heterocycles. The van der Waals surface area contributed by atoms with E-state index in [0.29, 0.717) is 0 Å². The van der Waals surface area contributed by atoms with E-state index in [1.165, 1.54) is 0 Å². The molecule has 4 heteroatoms. The van der Waals surface area contributed by atoms with Crippen LogP contribution in [0.5, 0.6) is 0 Å². The van der Waals surface area contributed by atoms with Gasteiger partial charge in [-0.3, -0.25) is 0 Å². The Morgan fingerprint density at radius 3 is 1.30 bits per heavy atom. The average Bonchev–Trinajstić information content (AvgIpc) is 1.93. The molecule has 1 fully saturated rings. The van der Waals surface area contributed by atoms with Crippen LogP contribution in [-0.4, -0.2) is 10.00 Å². The van der Waals surface area contributed by atoms with Gasteiger partial charge in [0.15, 0.2) is 10.00 Å². The summed E-state index contributed by atoms with van der Waals surface area (Å²) in [6, 6.07) is 0. The Bertz CT molecular complexity index is 162. The molecule has 3 aliphatic rings. The van der Waals surface area contributed by atoms with E-state index >= 15 is 0 Å². The van der Waals surface area contributed by atoms with Crippen LogP contribution in [0.25, 0.3) is 0 Å². The van der Waals surface area contributed by atoms with E-state index in [1.54, 1.807) is 0 Å². The van der Waals surface area contributed by atoms with Gasteiger partial charge in [-0.05, 0) is 25.7 Å². The lowest BCUT2D eigenvalue weighted by Crippen LogP contribution is -2.38. The van der Waals surface area contributed by atoms with Crippen molar-refractivity contribution in [3.63, 3.8) is 0 Å². The Hall–Kier alpha value is 0.180. The maximum atomic E-state index is 6.04. The summed E-state index contributed by atoms with van der Waals surface area (Å²) in [7, 11) is 0. The number of halogens is 2. The van der Waals surface area contributed by atoms with E-state index in [0.717, 1.165) is 25.7 Å². The summed E-state index contributed by atoms with van der Waals surface area (Å²) in [5.74, 6) is 0. The zero-order chi connectivity index (χ0) is 7.24. The van der Waals surface area contributed by atoms with Crippen LogP contribution in [0, 0.1) is 0 Å². The summed E-state index contributed by atoms with van der Waals surface area (Å²) < 4.78 is 0. The van der Waals surface area contributed by atoms with Crippen molar-refractivity contribution < 1.29 is 0 Å². The Labute approximate surface area is 69.6 Å². The monoisotopic (exact) mass is 178 g/mol. The van der Waals surface area contributed by atoms with Gasteiger partial charge >= 0.3 is 0 Å². The highest BCUT2D eigenvalue weighted by Crippen LogP contribution is 2.49. The molecule has 56 valence electrons. The molecular weight excluding hydrogens is 171 g/mol. The average molecular weight is 179 g/mol. The number of hydrogen-bond acceptors (Lipinski definition) is 2. The number of azo groups is 1. The normalized spacial score (nSPS) is 51.8. The van der Waals surface area contributed by atoms with Crippen molar-refractivity contribution in [2.24, 2.45) is 10.2 Å². The largest absolute Gasteiger partial charge is 0.169 e. The summed E-state index contributed by atoms with van der Waals surface area (Å²) in [6.45, 7) is 0. The van der Waals surface area contributed by atoms with Crippen molar-refractivity contribution in [2.75, 3.05) is 0 Å². The fourth-order valence-corrected chi connectivity index (χ4v) is 1.85. The van der Waals surface area contributed by atoms with Gasteiger partial charge in [0.05, 0.1) is 0 Å². The first-order valence-corrected chi connectivity index (χ1v) is 4.20. The van der Waals surface area contributed by atoms with Gasteiger partial charge in [0.25, 0.3) is 0 Å². The van der Waals surface area contributed by atoms with Crippen LogP contribution in [0.4, 0.5) is 0 Å². The van der Waals surface area contributed by atoms with Gasteiger partial charge < -0.3 is 0 Å². The molecule has 0 amide bonds. The highest BCUT2D eigenvalue weighted by Gasteiger charge is 2.45. The Kier molecular flexibility index (Phi) is 1.28. The third-order valence-corrected chi connectivity index (χ3v) is 3.10. The second kappa shape index (κ2) is 1.86. The molecule has 0 aromatic rings. The van der Waals surface area contributed by atoms with Crippen LogP contribution in [0.1, 0.15) is 25.7 Å². The van der Waals surface area contributed by atoms with E-state index < -0.39 is 10.00 Å². The van der Waals surface area contributed by atoms with Crippen LogP contribution in [0.15, 0.2) is 10.2 Å². The molecule has 1 aliphatic carbocycles. The molecule has 2 nitrogen and oxygen atoms in total. The van der Waals surface area contributed by atoms with Crippen molar-refractivity contribution in [3.05, 3.63) is 0 Å². The molecule has 2 heterocycles. The second-order valence-corrected chi connectivity index (χ2v) is 4.44. The molecule has 0 radical (unpaired) electrons. The van der Waals surface area contributed by atoms with Crippen molar-refractivity contribution in [2.45, 2.75) is 35.7 Å². The van der Waals surface area contributed by atoms with E-state index in [4.69, 9.17) is 23.2 Å². The van der Waals surface area contributed by atoms with Gasteiger partial charge in [0.2, 0.25) is 0 Å². The van der Waals surface area contributed by atoms with Crippen molar-refractivity contribution in [1.29, 1.82) is 0 Å². The fraction of sp³-hybridized carbons (Fsp3) is 1.00. The molecule has 2 aliphatic heterocycles. The highest BCUT2D eigenvalue weighted by molar-refractivity contribution is 6.26. The maximum Gasteiger partial charge on any atom is 0.155 e. The quantitative estimate of drug-likeness (QED) is 0.403. The lowest BCUT2D eigenvalue weighted by molar-refractivity contribution is 0.261. The molecule has 2 bridgehead atoms. The van der Waals surface area contributed by atoms with Crippen LogP contribution < -0.4 is 0 Å². The van der Waals surface area contributed by atoms with E-state index in [9.17, 15) is 0 Å². The third-order valence-electron chi connectivity index (χ3n) is 2.19. The summed E-state index contributed by atoms with van der Waals surface area (Å²) in [5.41, 5.74) is 0. The maximum absolute atomic E-state index is 6.04. The van der Waals surface area contributed by atoms with Gasteiger partial charge in [-0.15, -0.1) is 0 Å². The Morgan fingerprint density at radius 2 is 1.10 bits per heavy atom. The van der Waals surface area contributed by atoms with Crippen LogP contribution in [0.3, 0.4) is 0 Å². The standard InChI is InChI=1S/C6H8Cl2N2/c7-5-1-2-6(8,4-3-5)10-9-5/h1-4H2. The van der Waals surface area contributed by atoms with Crippen molar-refractivity contribution in [3.8, 4) is 0 Å². The smallest absolute Gasteiger partial charge is 0.155 e. The first-order chi connectivity index (χ1) is 4.62. The Balaban J connectivity index is 2.33. The molecule has 0 aromatic carbocycles. The summed E-state index contributed by atoms with van der Waals surface area (Å²) in [6.07, 6.45) is 3.51. The van der Waals surface area contributed by atoms with Crippen LogP contribution >= 0.6 is 23.2 Å². The first-order valence-electron chi connectivity index (χ1n) is 3.44. The topological polar surface area (TPSA) is 24.7 Å². The number of nitrogens with zero attached hydrogens (tertiary/aromatic N) is 2. The van der Waals surface area contributed by atoms with Gasteiger partial charge in [0, 0.05) is 0 Å². The minimum absolute atomic E-state index is 0.392. The molecule has 0 spiro atoms. The SMILES string of the molecule is ClC12CCC(Cl)(CC1)N=N2. The predicted octanol–water partition coefficient (Wildman–Crippen LogP) is 2.90. The lowest BCUT2D eigenvalue weighted by atomic mass is 9.89. The summed E-state index contributed by atoms with van der Waals surface area (Å²) >= 11 is 12.1. The zero-order valence-corrected chi connectivity index (χ0v) is 6.99. The highest BCUT2D eigenvalue weighted by atomic mass is 35.5. The Morgan fingerprint density at radius 1 is 0.800 bits per heavy atom. The minimum Gasteiger partial charge on any atom is -0.169 e. The summed E-state index contributed by atoms with van der Waals surface area (Å²) in [5, 5.41) is 7.92. The molecule has 10 heavy (non-hydrogen) atoms. The van der Waals surface area contributed by atoms with E-state index in [2.05, 4.69) is 10.2 Å². The number of hydrogen-bond donors (Lipinski definition) is 0. The summed E-state index contributed by atoms with van der Waals surface area (Å²) in [4.78, 5) is -0.784. The lowest BCUT2D eigenvalue weighted by Gasteiger charge is -2.39. The molecule has 3 rings (SSSR count). The molecule has 0 atom stereocenters. The number of fused-ring (bicyclic) bond motifs is 2. The third kappa shape index (κ3) is 0.940. The molecule has 0 N–H and O–H groups in total. The fourth-order valence-electron chi connectivity index (χ4n) is 1.40. The predicted molar refractivity (Wildman–Crippen MR) is 40.5 cm³/mol. The van der Waals surface area contributed by atoms with Crippen LogP contribution in [0.2, 0.25) is 0 Å². The molecular formula is C6H8Cl2N2. The van der Waals surface area contributed by atoms with Crippen molar-refractivity contribution in [1.82, 2.24) is 0 Å². The zero-order valence-electron chi connectivity index (χ0n) is 5.48. The van der Waals surface area contributed by atoms with Crippen LogP contribution in [-0.2, 0) is 0 Å². The molecule has 0 saturated heterocycles. The van der Waals surface area contributed by atoms with Crippen molar-refractivity contribution >= 4 is 23.2 Å². The van der Waals surface area contributed by atoms with E-state index in [1.807, 2.05) is 0 Å². The van der Waals surface area contributed by atoms with Gasteiger partial charge in [-0.2, -0.15) is 10.2 Å².